The lowest BCUT2D eigenvalue weighted by Crippen LogP contribution is -2.53. The molecule has 1 rings (SSSR count). The zero-order valence-corrected chi connectivity index (χ0v) is 11.4. The van der Waals surface area contributed by atoms with Crippen LogP contribution in [-0.2, 0) is 11.2 Å². The number of carboxylic acids is 1. The maximum atomic E-state index is 11.5. The van der Waals surface area contributed by atoms with Crippen molar-refractivity contribution in [2.24, 2.45) is 0 Å². The number of aryl methyl sites for hydroxylation is 1. The summed E-state index contributed by atoms with van der Waals surface area (Å²) in [6.45, 7) is 5.20. The molecule has 7 heteroatoms. The highest BCUT2D eigenvalue weighted by Crippen LogP contribution is 2.08. The Labute approximate surface area is 109 Å². The normalized spacial score (nSPS) is 11.1. The third kappa shape index (κ3) is 4.33. The number of nitrogens with one attached hydrogen (secondary N) is 2. The molecule has 0 aliphatic heterocycles. The summed E-state index contributed by atoms with van der Waals surface area (Å²) >= 11 is 1.54. The standard InChI is InChI=1S/C11H17N3O3S/c1-7-6-18-8(13-7)4-5-12-10(17)14-11(2,3)9(15)16/h6H,4-5H2,1-3H3,(H,15,16)(H2,12,14,17). The van der Waals surface area contributed by atoms with E-state index in [1.54, 1.807) is 11.3 Å². The molecule has 2 amide bonds. The van der Waals surface area contributed by atoms with Crippen LogP contribution in [0.25, 0.3) is 0 Å². The zero-order chi connectivity index (χ0) is 13.8. The van der Waals surface area contributed by atoms with E-state index >= 15 is 0 Å². The average Bonchev–Trinajstić information content (AvgIpc) is 2.63. The molecule has 0 unspecified atom stereocenters. The van der Waals surface area contributed by atoms with Gasteiger partial charge in [0.05, 0.1) is 5.01 Å². The molecule has 18 heavy (non-hydrogen) atoms. The Bertz CT molecular complexity index is 442. The molecule has 0 spiro atoms. The van der Waals surface area contributed by atoms with Crippen molar-refractivity contribution in [1.29, 1.82) is 0 Å². The first-order valence-corrected chi connectivity index (χ1v) is 6.39. The summed E-state index contributed by atoms with van der Waals surface area (Å²) in [5, 5.41) is 16.7. The van der Waals surface area contributed by atoms with Crippen LogP contribution in [0, 0.1) is 6.92 Å². The number of carbonyl (C=O) groups excluding carboxylic acids is 1. The van der Waals surface area contributed by atoms with E-state index in [2.05, 4.69) is 15.6 Å². The predicted octanol–water partition coefficient (Wildman–Crippen LogP) is 1.16. The molecule has 0 saturated carbocycles. The van der Waals surface area contributed by atoms with Crippen molar-refractivity contribution in [2.75, 3.05) is 6.54 Å². The van der Waals surface area contributed by atoms with Gasteiger partial charge in [0.1, 0.15) is 5.54 Å². The second-order valence-corrected chi connectivity index (χ2v) is 5.39. The van der Waals surface area contributed by atoms with Crippen LogP contribution in [0.15, 0.2) is 5.38 Å². The summed E-state index contributed by atoms with van der Waals surface area (Å²) < 4.78 is 0. The number of carbonyl (C=O) groups is 2. The van der Waals surface area contributed by atoms with Gasteiger partial charge in [-0.25, -0.2) is 14.6 Å². The van der Waals surface area contributed by atoms with Crippen LogP contribution in [0.2, 0.25) is 0 Å². The highest BCUT2D eigenvalue weighted by Gasteiger charge is 2.28. The first kappa shape index (κ1) is 14.4. The van der Waals surface area contributed by atoms with E-state index < -0.39 is 17.5 Å². The first-order chi connectivity index (χ1) is 8.31. The summed E-state index contributed by atoms with van der Waals surface area (Å²) in [4.78, 5) is 26.5. The van der Waals surface area contributed by atoms with Crippen molar-refractivity contribution in [2.45, 2.75) is 32.7 Å². The molecule has 6 nitrogen and oxygen atoms in total. The Hall–Kier alpha value is -1.63. The molecule has 1 aromatic heterocycles. The molecule has 1 aromatic rings. The molecule has 1 heterocycles. The fourth-order valence-electron chi connectivity index (χ4n) is 1.18. The molecule has 0 bridgehead atoms. The van der Waals surface area contributed by atoms with Gasteiger partial charge in [0.25, 0.3) is 0 Å². The minimum Gasteiger partial charge on any atom is -0.480 e. The van der Waals surface area contributed by atoms with E-state index in [1.807, 2.05) is 12.3 Å². The number of thiazole rings is 1. The summed E-state index contributed by atoms with van der Waals surface area (Å²) in [6.07, 6.45) is 0.638. The van der Waals surface area contributed by atoms with Gasteiger partial charge in [-0.15, -0.1) is 11.3 Å². The quantitative estimate of drug-likeness (QED) is 0.749. The smallest absolute Gasteiger partial charge is 0.328 e. The van der Waals surface area contributed by atoms with Gasteiger partial charge in [-0.05, 0) is 20.8 Å². The van der Waals surface area contributed by atoms with Gasteiger partial charge in [0, 0.05) is 24.0 Å². The SMILES string of the molecule is Cc1csc(CCNC(=O)NC(C)(C)C(=O)O)n1. The topological polar surface area (TPSA) is 91.3 Å². The van der Waals surface area contributed by atoms with Crippen molar-refractivity contribution < 1.29 is 14.7 Å². The second kappa shape index (κ2) is 5.81. The Morgan fingerprint density at radius 3 is 2.67 bits per heavy atom. The Balaban J connectivity index is 2.32. The van der Waals surface area contributed by atoms with Crippen LogP contribution in [0.3, 0.4) is 0 Å². The Morgan fingerprint density at radius 1 is 1.50 bits per heavy atom. The third-order valence-electron chi connectivity index (χ3n) is 2.25. The van der Waals surface area contributed by atoms with Crippen LogP contribution in [0.1, 0.15) is 24.5 Å². The molecular formula is C11H17N3O3S. The number of rotatable bonds is 5. The average molecular weight is 271 g/mol. The predicted molar refractivity (Wildman–Crippen MR) is 68.8 cm³/mol. The molecule has 0 saturated heterocycles. The fraction of sp³-hybridized carbons (Fsp3) is 0.545. The number of amides is 2. The van der Waals surface area contributed by atoms with Gasteiger partial charge in [0.2, 0.25) is 0 Å². The summed E-state index contributed by atoms with van der Waals surface area (Å²) in [5.74, 6) is -1.08. The van der Waals surface area contributed by atoms with Gasteiger partial charge in [-0.1, -0.05) is 0 Å². The number of hydrogen-bond donors (Lipinski definition) is 3. The minimum absolute atomic E-state index is 0.425. The maximum Gasteiger partial charge on any atom is 0.328 e. The lowest BCUT2D eigenvalue weighted by molar-refractivity contribution is -0.142. The molecule has 3 N–H and O–H groups in total. The van der Waals surface area contributed by atoms with Crippen LogP contribution >= 0.6 is 11.3 Å². The van der Waals surface area contributed by atoms with Crippen molar-refractivity contribution in [1.82, 2.24) is 15.6 Å². The third-order valence-corrected chi connectivity index (χ3v) is 3.28. The van der Waals surface area contributed by atoms with Gasteiger partial charge in [-0.3, -0.25) is 0 Å². The maximum absolute atomic E-state index is 11.5. The number of hydrogen-bond acceptors (Lipinski definition) is 4. The van der Waals surface area contributed by atoms with Gasteiger partial charge >= 0.3 is 12.0 Å². The summed E-state index contributed by atoms with van der Waals surface area (Å²) in [7, 11) is 0. The summed E-state index contributed by atoms with van der Waals surface area (Å²) in [5.41, 5.74) is -0.312. The van der Waals surface area contributed by atoms with Crippen LogP contribution in [0.4, 0.5) is 4.79 Å². The van der Waals surface area contributed by atoms with E-state index in [4.69, 9.17) is 5.11 Å². The molecule has 0 fully saturated rings. The number of urea groups is 1. The fourth-order valence-corrected chi connectivity index (χ4v) is 1.96. The van der Waals surface area contributed by atoms with Gasteiger partial charge in [-0.2, -0.15) is 0 Å². The van der Waals surface area contributed by atoms with Gasteiger partial charge < -0.3 is 15.7 Å². The van der Waals surface area contributed by atoms with E-state index in [-0.39, 0.29) is 0 Å². The molecule has 0 atom stereocenters. The number of carboxylic acid groups (broad SMARTS) is 1. The number of aromatic nitrogens is 1. The van der Waals surface area contributed by atoms with E-state index in [0.29, 0.717) is 13.0 Å². The molecule has 0 aromatic carbocycles. The lowest BCUT2D eigenvalue weighted by atomic mass is 10.1. The highest BCUT2D eigenvalue weighted by atomic mass is 32.1. The number of aliphatic carboxylic acids is 1. The highest BCUT2D eigenvalue weighted by molar-refractivity contribution is 7.09. The molecule has 0 radical (unpaired) electrons. The molecule has 0 aliphatic rings. The van der Waals surface area contributed by atoms with Gasteiger partial charge in [0.15, 0.2) is 0 Å². The Kier molecular flexibility index (Phi) is 4.66. The van der Waals surface area contributed by atoms with Crippen LogP contribution in [0.5, 0.6) is 0 Å². The van der Waals surface area contributed by atoms with E-state index in [9.17, 15) is 9.59 Å². The molecule has 100 valence electrons. The first-order valence-electron chi connectivity index (χ1n) is 5.51. The van der Waals surface area contributed by atoms with Crippen molar-refractivity contribution in [3.63, 3.8) is 0 Å². The second-order valence-electron chi connectivity index (χ2n) is 4.44. The van der Waals surface area contributed by atoms with Crippen molar-refractivity contribution in [3.05, 3.63) is 16.1 Å². The van der Waals surface area contributed by atoms with Crippen LogP contribution in [-0.4, -0.2) is 34.2 Å². The van der Waals surface area contributed by atoms with Crippen LogP contribution < -0.4 is 10.6 Å². The zero-order valence-electron chi connectivity index (χ0n) is 10.6. The van der Waals surface area contributed by atoms with E-state index in [0.717, 1.165) is 10.7 Å². The van der Waals surface area contributed by atoms with Crippen molar-refractivity contribution >= 4 is 23.3 Å². The molecule has 0 aliphatic carbocycles. The number of nitrogens with zero attached hydrogens (tertiary/aromatic N) is 1. The Morgan fingerprint density at radius 2 is 2.17 bits per heavy atom. The largest absolute Gasteiger partial charge is 0.480 e. The summed E-state index contributed by atoms with van der Waals surface area (Å²) in [6, 6.07) is -0.490. The lowest BCUT2D eigenvalue weighted by Gasteiger charge is -2.21. The molecular weight excluding hydrogens is 254 g/mol. The van der Waals surface area contributed by atoms with E-state index in [1.165, 1.54) is 13.8 Å². The van der Waals surface area contributed by atoms with Crippen molar-refractivity contribution in [3.8, 4) is 0 Å². The monoisotopic (exact) mass is 271 g/mol. The minimum atomic E-state index is -1.28.